The number of carbonyl (C=O) groups is 2. The highest BCUT2D eigenvalue weighted by Crippen LogP contribution is 2.21. The SMILES string of the molecule is CC(=O)Nc1ccc(C)c(NC(=O)NC2CCN(Cc3ccco3)CC2)c1. The lowest BCUT2D eigenvalue weighted by molar-refractivity contribution is -0.114. The fraction of sp³-hybridized carbons (Fsp3) is 0.400. The van der Waals surface area contributed by atoms with Gasteiger partial charge in [-0.1, -0.05) is 6.07 Å². The van der Waals surface area contributed by atoms with Gasteiger partial charge in [-0.15, -0.1) is 0 Å². The number of piperidine rings is 1. The van der Waals surface area contributed by atoms with Gasteiger partial charge in [-0.2, -0.15) is 0 Å². The largest absolute Gasteiger partial charge is 0.468 e. The number of anilines is 2. The number of rotatable bonds is 5. The number of amides is 3. The number of carbonyl (C=O) groups excluding carboxylic acids is 2. The highest BCUT2D eigenvalue weighted by molar-refractivity contribution is 5.93. The summed E-state index contributed by atoms with van der Waals surface area (Å²) in [6, 6.07) is 9.26. The standard InChI is InChI=1S/C20H26N4O3/c1-14-5-6-17(21-15(2)25)12-19(14)23-20(26)22-16-7-9-24(10-8-16)13-18-4-3-11-27-18/h3-6,11-12,16H,7-10,13H2,1-2H3,(H,21,25)(H2,22,23,26). The summed E-state index contributed by atoms with van der Waals surface area (Å²) in [6.07, 6.45) is 3.50. The van der Waals surface area contributed by atoms with Gasteiger partial charge in [0.15, 0.2) is 0 Å². The van der Waals surface area contributed by atoms with Crippen molar-refractivity contribution in [3.63, 3.8) is 0 Å². The Balaban J connectivity index is 1.48. The van der Waals surface area contributed by atoms with Gasteiger partial charge in [0.1, 0.15) is 5.76 Å². The molecule has 1 saturated heterocycles. The zero-order chi connectivity index (χ0) is 19.2. The number of urea groups is 1. The maximum atomic E-state index is 12.4. The Hall–Kier alpha value is -2.80. The van der Waals surface area contributed by atoms with Crippen LogP contribution in [-0.4, -0.2) is 36.0 Å². The molecule has 0 aliphatic carbocycles. The zero-order valence-electron chi connectivity index (χ0n) is 15.7. The van der Waals surface area contributed by atoms with Crippen LogP contribution in [0.15, 0.2) is 41.0 Å². The first-order chi connectivity index (χ1) is 13.0. The Morgan fingerprint density at radius 3 is 2.63 bits per heavy atom. The van der Waals surface area contributed by atoms with Gasteiger partial charge in [0.2, 0.25) is 5.91 Å². The average Bonchev–Trinajstić information content (AvgIpc) is 3.12. The molecule has 0 saturated carbocycles. The second-order valence-electron chi connectivity index (χ2n) is 6.94. The first-order valence-electron chi connectivity index (χ1n) is 9.20. The number of nitrogens with one attached hydrogen (secondary N) is 3. The molecule has 2 aromatic rings. The van der Waals surface area contributed by atoms with Crippen molar-refractivity contribution < 1.29 is 14.0 Å². The predicted octanol–water partition coefficient (Wildman–Crippen LogP) is 3.33. The first kappa shape index (κ1) is 19.0. The molecule has 0 unspecified atom stereocenters. The summed E-state index contributed by atoms with van der Waals surface area (Å²) in [4.78, 5) is 25.9. The van der Waals surface area contributed by atoms with E-state index in [2.05, 4.69) is 20.9 Å². The number of hydrogen-bond donors (Lipinski definition) is 3. The lowest BCUT2D eigenvalue weighted by Crippen LogP contribution is -2.45. The fourth-order valence-electron chi connectivity index (χ4n) is 3.24. The van der Waals surface area contributed by atoms with E-state index in [9.17, 15) is 9.59 Å². The van der Waals surface area contributed by atoms with Crippen LogP contribution in [0, 0.1) is 6.92 Å². The molecule has 3 rings (SSSR count). The highest BCUT2D eigenvalue weighted by atomic mass is 16.3. The minimum Gasteiger partial charge on any atom is -0.468 e. The Kier molecular flexibility index (Phi) is 6.13. The van der Waals surface area contributed by atoms with Crippen molar-refractivity contribution in [2.24, 2.45) is 0 Å². The lowest BCUT2D eigenvalue weighted by atomic mass is 10.1. The summed E-state index contributed by atoms with van der Waals surface area (Å²) in [5, 5.41) is 8.66. The molecule has 144 valence electrons. The molecule has 1 aliphatic rings. The van der Waals surface area contributed by atoms with Crippen molar-refractivity contribution >= 4 is 23.3 Å². The van der Waals surface area contributed by atoms with E-state index in [1.165, 1.54) is 6.92 Å². The van der Waals surface area contributed by atoms with Crippen molar-refractivity contribution in [3.05, 3.63) is 47.9 Å². The van der Waals surface area contributed by atoms with Crippen LogP contribution in [0.4, 0.5) is 16.2 Å². The number of furan rings is 1. The second-order valence-corrected chi connectivity index (χ2v) is 6.94. The van der Waals surface area contributed by atoms with Gasteiger partial charge >= 0.3 is 6.03 Å². The molecule has 3 N–H and O–H groups in total. The number of benzene rings is 1. The normalized spacial score (nSPS) is 15.3. The first-order valence-corrected chi connectivity index (χ1v) is 9.20. The molecule has 3 amide bonds. The maximum absolute atomic E-state index is 12.4. The topological polar surface area (TPSA) is 86.6 Å². The van der Waals surface area contributed by atoms with E-state index in [0.29, 0.717) is 11.4 Å². The van der Waals surface area contributed by atoms with Crippen LogP contribution in [0.5, 0.6) is 0 Å². The van der Waals surface area contributed by atoms with Gasteiger partial charge < -0.3 is 20.4 Å². The number of hydrogen-bond acceptors (Lipinski definition) is 4. The van der Waals surface area contributed by atoms with Crippen molar-refractivity contribution in [1.29, 1.82) is 0 Å². The molecule has 7 heteroatoms. The van der Waals surface area contributed by atoms with Crippen molar-refractivity contribution in [3.8, 4) is 0 Å². The zero-order valence-corrected chi connectivity index (χ0v) is 15.7. The van der Waals surface area contributed by atoms with E-state index < -0.39 is 0 Å². The number of nitrogens with zero attached hydrogens (tertiary/aromatic N) is 1. The summed E-state index contributed by atoms with van der Waals surface area (Å²) < 4.78 is 5.39. The quantitative estimate of drug-likeness (QED) is 0.753. The minimum atomic E-state index is -0.220. The molecule has 7 nitrogen and oxygen atoms in total. The summed E-state index contributed by atoms with van der Waals surface area (Å²) >= 11 is 0. The molecule has 0 spiro atoms. The summed E-state index contributed by atoms with van der Waals surface area (Å²) in [5.41, 5.74) is 2.29. The van der Waals surface area contributed by atoms with Crippen molar-refractivity contribution in [1.82, 2.24) is 10.2 Å². The van der Waals surface area contributed by atoms with E-state index in [1.807, 2.05) is 31.2 Å². The molecule has 0 bridgehead atoms. The molecular weight excluding hydrogens is 344 g/mol. The van der Waals surface area contributed by atoms with Crippen LogP contribution in [0.1, 0.15) is 31.1 Å². The maximum Gasteiger partial charge on any atom is 0.319 e. The molecule has 1 fully saturated rings. The third-order valence-electron chi connectivity index (χ3n) is 4.69. The highest BCUT2D eigenvalue weighted by Gasteiger charge is 2.21. The lowest BCUT2D eigenvalue weighted by Gasteiger charge is -2.31. The third kappa shape index (κ3) is 5.59. The predicted molar refractivity (Wildman–Crippen MR) is 105 cm³/mol. The monoisotopic (exact) mass is 370 g/mol. The van der Waals surface area contributed by atoms with Gasteiger partial charge in [-0.3, -0.25) is 9.69 Å². The number of likely N-dealkylation sites (tertiary alicyclic amines) is 1. The second kappa shape index (κ2) is 8.73. The van der Waals surface area contributed by atoms with Crippen LogP contribution in [0.2, 0.25) is 0 Å². The van der Waals surface area contributed by atoms with E-state index in [0.717, 1.165) is 43.8 Å². The van der Waals surface area contributed by atoms with Crippen LogP contribution < -0.4 is 16.0 Å². The minimum absolute atomic E-state index is 0.143. The average molecular weight is 370 g/mol. The van der Waals surface area contributed by atoms with Gasteiger partial charge in [0.25, 0.3) is 0 Å². The van der Waals surface area contributed by atoms with Crippen LogP contribution in [0.3, 0.4) is 0 Å². The molecule has 0 radical (unpaired) electrons. The van der Waals surface area contributed by atoms with E-state index in [-0.39, 0.29) is 18.0 Å². The third-order valence-corrected chi connectivity index (χ3v) is 4.69. The molecule has 1 aromatic heterocycles. The Morgan fingerprint density at radius 1 is 1.19 bits per heavy atom. The van der Waals surface area contributed by atoms with Gasteiger partial charge in [-0.05, 0) is 49.6 Å². The summed E-state index contributed by atoms with van der Waals surface area (Å²) in [7, 11) is 0. The molecule has 0 atom stereocenters. The van der Waals surface area contributed by atoms with Crippen LogP contribution in [-0.2, 0) is 11.3 Å². The number of aryl methyl sites for hydroxylation is 1. The molecular formula is C20H26N4O3. The van der Waals surface area contributed by atoms with Gasteiger partial charge in [-0.25, -0.2) is 4.79 Å². The van der Waals surface area contributed by atoms with E-state index >= 15 is 0 Å². The Morgan fingerprint density at radius 2 is 1.96 bits per heavy atom. The van der Waals surface area contributed by atoms with E-state index in [4.69, 9.17) is 4.42 Å². The van der Waals surface area contributed by atoms with Crippen LogP contribution in [0.25, 0.3) is 0 Å². The Bertz CT molecular complexity index is 781. The Labute approximate surface area is 159 Å². The van der Waals surface area contributed by atoms with Crippen molar-refractivity contribution in [2.75, 3.05) is 23.7 Å². The van der Waals surface area contributed by atoms with Gasteiger partial charge in [0, 0.05) is 37.4 Å². The molecule has 2 heterocycles. The molecule has 1 aromatic carbocycles. The van der Waals surface area contributed by atoms with E-state index in [1.54, 1.807) is 12.3 Å². The molecule has 1 aliphatic heterocycles. The summed E-state index contributed by atoms with van der Waals surface area (Å²) in [5.74, 6) is 0.823. The fourth-order valence-corrected chi connectivity index (χ4v) is 3.24. The smallest absolute Gasteiger partial charge is 0.319 e. The summed E-state index contributed by atoms with van der Waals surface area (Å²) in [6.45, 7) is 6.02. The van der Waals surface area contributed by atoms with Gasteiger partial charge in [0.05, 0.1) is 12.8 Å². The van der Waals surface area contributed by atoms with Crippen molar-refractivity contribution in [2.45, 2.75) is 39.3 Å². The molecule has 27 heavy (non-hydrogen) atoms. The van der Waals surface area contributed by atoms with Crippen LogP contribution >= 0.6 is 0 Å².